The summed E-state index contributed by atoms with van der Waals surface area (Å²) in [6, 6.07) is 8.23. The van der Waals surface area contributed by atoms with Crippen molar-refractivity contribution in [3.8, 4) is 0 Å². The third-order valence-electron chi connectivity index (χ3n) is 5.78. The molecular formula is C20H30ClN3O2. The molecular weight excluding hydrogens is 350 g/mol. The molecule has 6 heteroatoms. The van der Waals surface area contributed by atoms with Crippen LogP contribution in [0.3, 0.4) is 0 Å². The van der Waals surface area contributed by atoms with Crippen molar-refractivity contribution in [1.29, 1.82) is 0 Å². The molecule has 5 nitrogen and oxygen atoms in total. The van der Waals surface area contributed by atoms with Gasteiger partial charge >= 0.3 is 0 Å². The molecule has 3 rings (SSSR count). The van der Waals surface area contributed by atoms with Gasteiger partial charge < -0.3 is 15.5 Å². The Balaban J connectivity index is 0.00000243. The monoisotopic (exact) mass is 379 g/mol. The normalized spacial score (nSPS) is 23.9. The Bertz CT molecular complexity index is 652. The lowest BCUT2D eigenvalue weighted by Crippen LogP contribution is -2.43. The van der Waals surface area contributed by atoms with Crippen molar-refractivity contribution in [2.45, 2.75) is 51.5 Å². The maximum absolute atomic E-state index is 12.9. The highest BCUT2D eigenvalue weighted by molar-refractivity contribution is 6.01. The second-order valence-electron chi connectivity index (χ2n) is 7.34. The smallest absolute Gasteiger partial charge is 0.228 e. The highest BCUT2D eigenvalue weighted by atomic mass is 35.5. The first kappa shape index (κ1) is 20.7. The van der Waals surface area contributed by atoms with Gasteiger partial charge in [-0.25, -0.2) is 0 Å². The standard InChI is InChI=1S/C20H29N3O2.ClH/c1-3-14(2)17-8-4-5-9-18(17)23-13-15(11-19(23)24)20(25)22-10-6-7-16(22)12-21;/h4-5,8-9,14-16H,3,6-7,10-13,21H2,1-2H3;1H. The van der Waals surface area contributed by atoms with Crippen LogP contribution in [0, 0.1) is 5.92 Å². The Morgan fingerprint density at radius 2 is 2.08 bits per heavy atom. The molecule has 2 aliphatic heterocycles. The highest BCUT2D eigenvalue weighted by Crippen LogP contribution is 2.34. The van der Waals surface area contributed by atoms with Gasteiger partial charge in [0.05, 0.1) is 5.92 Å². The Kier molecular flexibility index (Phi) is 7.07. The SMILES string of the molecule is CCC(C)c1ccccc1N1CC(C(=O)N2CCCC2CN)CC1=O.Cl. The van der Waals surface area contributed by atoms with E-state index in [1.807, 2.05) is 28.0 Å². The van der Waals surface area contributed by atoms with Gasteiger partial charge in [0.2, 0.25) is 11.8 Å². The molecule has 3 atom stereocenters. The molecule has 0 bridgehead atoms. The fourth-order valence-electron chi connectivity index (χ4n) is 4.08. The number of amides is 2. The van der Waals surface area contributed by atoms with Crippen LogP contribution >= 0.6 is 12.4 Å². The van der Waals surface area contributed by atoms with Gasteiger partial charge in [-0.05, 0) is 36.8 Å². The second-order valence-corrected chi connectivity index (χ2v) is 7.34. The number of nitrogens with two attached hydrogens (primary N) is 1. The topological polar surface area (TPSA) is 66.6 Å². The largest absolute Gasteiger partial charge is 0.338 e. The number of carbonyl (C=O) groups excluding carboxylic acids is 2. The van der Waals surface area contributed by atoms with Crippen molar-refractivity contribution >= 4 is 29.9 Å². The molecule has 0 radical (unpaired) electrons. The van der Waals surface area contributed by atoms with E-state index in [2.05, 4.69) is 19.9 Å². The van der Waals surface area contributed by atoms with Gasteiger partial charge in [-0.3, -0.25) is 9.59 Å². The van der Waals surface area contributed by atoms with Gasteiger partial charge in [0.1, 0.15) is 0 Å². The Morgan fingerprint density at radius 3 is 2.77 bits per heavy atom. The number of rotatable bonds is 5. The van der Waals surface area contributed by atoms with Crippen LogP contribution in [0.4, 0.5) is 5.69 Å². The zero-order valence-corrected chi connectivity index (χ0v) is 16.5. The van der Waals surface area contributed by atoms with Crippen LogP contribution in [-0.4, -0.2) is 42.4 Å². The van der Waals surface area contributed by atoms with Gasteiger partial charge in [-0.15, -0.1) is 12.4 Å². The van der Waals surface area contributed by atoms with E-state index in [9.17, 15) is 9.59 Å². The summed E-state index contributed by atoms with van der Waals surface area (Å²) in [5.41, 5.74) is 7.96. The third kappa shape index (κ3) is 3.89. The lowest BCUT2D eigenvalue weighted by Gasteiger charge is -2.27. The quantitative estimate of drug-likeness (QED) is 0.855. The maximum atomic E-state index is 12.9. The number of halogens is 1. The van der Waals surface area contributed by atoms with Crippen LogP contribution in [0.5, 0.6) is 0 Å². The molecule has 1 aromatic carbocycles. The van der Waals surface area contributed by atoms with Crippen LogP contribution in [0.15, 0.2) is 24.3 Å². The minimum Gasteiger partial charge on any atom is -0.338 e. The lowest BCUT2D eigenvalue weighted by atomic mass is 9.96. The van der Waals surface area contributed by atoms with Crippen LogP contribution in [0.25, 0.3) is 0 Å². The fraction of sp³-hybridized carbons (Fsp3) is 0.600. The van der Waals surface area contributed by atoms with E-state index in [0.29, 0.717) is 25.4 Å². The summed E-state index contributed by atoms with van der Waals surface area (Å²) < 4.78 is 0. The summed E-state index contributed by atoms with van der Waals surface area (Å²) in [5.74, 6) is 0.297. The number of hydrogen-bond donors (Lipinski definition) is 1. The Morgan fingerprint density at radius 1 is 1.35 bits per heavy atom. The minimum absolute atomic E-state index is 0. The molecule has 144 valence electrons. The van der Waals surface area contributed by atoms with Crippen molar-refractivity contribution < 1.29 is 9.59 Å². The summed E-state index contributed by atoms with van der Waals surface area (Å²) in [4.78, 5) is 29.3. The molecule has 2 amide bonds. The van der Waals surface area contributed by atoms with Gasteiger partial charge in [0, 0.05) is 37.8 Å². The third-order valence-corrected chi connectivity index (χ3v) is 5.78. The minimum atomic E-state index is -0.246. The van der Waals surface area contributed by atoms with E-state index in [0.717, 1.165) is 31.5 Å². The van der Waals surface area contributed by atoms with Crippen LogP contribution in [0.1, 0.15) is 51.0 Å². The molecule has 3 unspecified atom stereocenters. The number of benzene rings is 1. The molecule has 0 spiro atoms. The van der Waals surface area contributed by atoms with Gasteiger partial charge in [0.15, 0.2) is 0 Å². The number of likely N-dealkylation sites (tertiary alicyclic amines) is 1. The molecule has 2 aliphatic rings. The molecule has 2 heterocycles. The van der Waals surface area contributed by atoms with E-state index in [-0.39, 0.29) is 36.2 Å². The Hall–Kier alpha value is -1.59. The molecule has 0 aromatic heterocycles. The maximum Gasteiger partial charge on any atom is 0.228 e. The summed E-state index contributed by atoms with van der Waals surface area (Å²) >= 11 is 0. The number of nitrogens with zero attached hydrogens (tertiary/aromatic N) is 2. The van der Waals surface area contributed by atoms with E-state index in [1.54, 1.807) is 0 Å². The summed E-state index contributed by atoms with van der Waals surface area (Å²) in [6.07, 6.45) is 3.31. The fourth-order valence-corrected chi connectivity index (χ4v) is 4.08. The van der Waals surface area contributed by atoms with Gasteiger partial charge in [-0.1, -0.05) is 32.0 Å². The van der Waals surface area contributed by atoms with E-state index < -0.39 is 0 Å². The van der Waals surface area contributed by atoms with Crippen molar-refractivity contribution in [2.75, 3.05) is 24.5 Å². The van der Waals surface area contributed by atoms with Gasteiger partial charge in [-0.2, -0.15) is 0 Å². The molecule has 26 heavy (non-hydrogen) atoms. The summed E-state index contributed by atoms with van der Waals surface area (Å²) in [5, 5.41) is 0. The van der Waals surface area contributed by atoms with Crippen molar-refractivity contribution in [2.24, 2.45) is 11.7 Å². The number of carbonyl (C=O) groups is 2. The first-order valence-corrected chi connectivity index (χ1v) is 9.46. The van der Waals surface area contributed by atoms with E-state index in [1.165, 1.54) is 5.56 Å². The van der Waals surface area contributed by atoms with Crippen molar-refractivity contribution in [3.63, 3.8) is 0 Å². The van der Waals surface area contributed by atoms with E-state index >= 15 is 0 Å². The van der Waals surface area contributed by atoms with Crippen LogP contribution < -0.4 is 10.6 Å². The molecule has 2 saturated heterocycles. The molecule has 0 saturated carbocycles. The molecule has 2 fully saturated rings. The van der Waals surface area contributed by atoms with E-state index in [4.69, 9.17) is 5.73 Å². The molecule has 1 aromatic rings. The van der Waals surface area contributed by atoms with Crippen molar-refractivity contribution in [3.05, 3.63) is 29.8 Å². The second kappa shape index (κ2) is 8.87. The average Bonchev–Trinajstić information content (AvgIpc) is 3.26. The van der Waals surface area contributed by atoms with Crippen molar-refractivity contribution in [1.82, 2.24) is 4.90 Å². The average molecular weight is 380 g/mol. The molecule has 0 aliphatic carbocycles. The summed E-state index contributed by atoms with van der Waals surface area (Å²) in [6.45, 7) is 6.10. The zero-order valence-electron chi connectivity index (χ0n) is 15.7. The number of hydrogen-bond acceptors (Lipinski definition) is 3. The predicted octanol–water partition coefficient (Wildman–Crippen LogP) is 2.92. The number of anilines is 1. The zero-order chi connectivity index (χ0) is 18.0. The van der Waals surface area contributed by atoms with Crippen LogP contribution in [0.2, 0.25) is 0 Å². The summed E-state index contributed by atoms with van der Waals surface area (Å²) in [7, 11) is 0. The highest BCUT2D eigenvalue weighted by Gasteiger charge is 2.40. The molecule has 2 N–H and O–H groups in total. The first-order valence-electron chi connectivity index (χ1n) is 9.46. The van der Waals surface area contributed by atoms with Crippen LogP contribution in [-0.2, 0) is 9.59 Å². The number of para-hydroxylation sites is 1. The Labute approximate surface area is 162 Å². The lowest BCUT2D eigenvalue weighted by molar-refractivity contribution is -0.136. The van der Waals surface area contributed by atoms with Gasteiger partial charge in [0.25, 0.3) is 0 Å². The first-order chi connectivity index (χ1) is 12.1. The predicted molar refractivity (Wildman–Crippen MR) is 107 cm³/mol.